The number of hydrogen-bond donors (Lipinski definition) is 2. The minimum Gasteiger partial charge on any atom is -0.444 e. The van der Waals surface area contributed by atoms with Gasteiger partial charge >= 0.3 is 6.09 Å². The lowest BCUT2D eigenvalue weighted by molar-refractivity contribution is 0.0392. The molecule has 0 fully saturated rings. The molecule has 0 heterocycles. The lowest BCUT2D eigenvalue weighted by Gasteiger charge is -2.29. The van der Waals surface area contributed by atoms with Crippen molar-refractivity contribution in [3.8, 4) is 0 Å². The van der Waals surface area contributed by atoms with Crippen LogP contribution < -0.4 is 5.32 Å². The topological polar surface area (TPSA) is 107 Å². The van der Waals surface area contributed by atoms with Crippen LogP contribution in [0.25, 0.3) is 10.4 Å². The van der Waals surface area contributed by atoms with E-state index in [4.69, 9.17) is 10.3 Å². The van der Waals surface area contributed by atoms with Gasteiger partial charge in [0.15, 0.2) is 0 Å². The first-order valence-electron chi connectivity index (χ1n) is 9.58. The zero-order chi connectivity index (χ0) is 21.3. The maximum absolute atomic E-state index is 12.4. The average molecular weight is 396 g/mol. The Kier molecular flexibility index (Phi) is 8.07. The number of carbonyl (C=O) groups excluding carboxylic acids is 1. The fourth-order valence-electron chi connectivity index (χ4n) is 3.00. The number of alkyl carbamates (subject to hydrolysis) is 1. The monoisotopic (exact) mass is 396 g/mol. The predicted molar refractivity (Wildman–Crippen MR) is 112 cm³/mol. The summed E-state index contributed by atoms with van der Waals surface area (Å²) in [5.41, 5.74) is 10.2. The maximum Gasteiger partial charge on any atom is 0.407 e. The van der Waals surface area contributed by atoms with Gasteiger partial charge in [0, 0.05) is 4.91 Å². The molecule has 2 N–H and O–H groups in total. The normalized spacial score (nSPS) is 14.2. The van der Waals surface area contributed by atoms with Crippen LogP contribution in [0.2, 0.25) is 0 Å². The third-order valence-electron chi connectivity index (χ3n) is 4.29. The van der Waals surface area contributed by atoms with Crippen molar-refractivity contribution < 1.29 is 14.6 Å². The van der Waals surface area contributed by atoms with Gasteiger partial charge in [-0.05, 0) is 50.3 Å². The van der Waals surface area contributed by atoms with E-state index >= 15 is 0 Å². The van der Waals surface area contributed by atoms with Gasteiger partial charge in [0.2, 0.25) is 0 Å². The van der Waals surface area contributed by atoms with Crippen molar-refractivity contribution in [3.63, 3.8) is 0 Å². The maximum atomic E-state index is 12.4. The molecule has 0 aliphatic heterocycles. The molecular formula is C22H28N4O3. The zero-order valence-electron chi connectivity index (χ0n) is 17.0. The molecule has 2 aromatic carbocycles. The highest BCUT2D eigenvalue weighted by atomic mass is 16.6. The van der Waals surface area contributed by atoms with E-state index in [1.165, 1.54) is 0 Å². The molecule has 1 amide bonds. The highest BCUT2D eigenvalue weighted by Crippen LogP contribution is 2.17. The molecule has 7 nitrogen and oxygen atoms in total. The van der Waals surface area contributed by atoms with Crippen LogP contribution in [0.15, 0.2) is 65.8 Å². The summed E-state index contributed by atoms with van der Waals surface area (Å²) in [7, 11) is 0. The number of rotatable bonds is 8. The van der Waals surface area contributed by atoms with Gasteiger partial charge in [-0.2, -0.15) is 0 Å². The van der Waals surface area contributed by atoms with Crippen LogP contribution in [-0.2, 0) is 17.6 Å². The Morgan fingerprint density at radius 2 is 1.59 bits per heavy atom. The number of hydrogen-bond acceptors (Lipinski definition) is 4. The number of nitrogens with one attached hydrogen (secondary N) is 1. The summed E-state index contributed by atoms with van der Waals surface area (Å²) in [5, 5.41) is 17.6. The minimum absolute atomic E-state index is 0.355. The number of nitrogens with zero attached hydrogens (tertiary/aromatic N) is 3. The first-order valence-corrected chi connectivity index (χ1v) is 9.58. The molecule has 3 atom stereocenters. The Morgan fingerprint density at radius 1 is 1.07 bits per heavy atom. The molecule has 0 bridgehead atoms. The number of benzene rings is 2. The highest BCUT2D eigenvalue weighted by molar-refractivity contribution is 5.68. The third-order valence-corrected chi connectivity index (χ3v) is 4.29. The molecule has 0 aromatic heterocycles. The van der Waals surface area contributed by atoms with Crippen molar-refractivity contribution in [2.24, 2.45) is 5.11 Å². The second kappa shape index (κ2) is 10.5. The van der Waals surface area contributed by atoms with Gasteiger partial charge in [-0.25, -0.2) is 4.79 Å². The van der Waals surface area contributed by atoms with Crippen molar-refractivity contribution >= 4 is 6.09 Å². The Labute approximate surface area is 171 Å². The Balaban J connectivity index is 2.23. The summed E-state index contributed by atoms with van der Waals surface area (Å²) in [4.78, 5) is 15.3. The SMILES string of the molecule is CC(C)(C)OC(=O)N[C@@H](Cc1ccccc1)[C@H](O)[C@@H](Cc1ccccc1)N=[N+]=[N-]. The first kappa shape index (κ1) is 22.3. The largest absolute Gasteiger partial charge is 0.444 e. The Hall–Kier alpha value is -3.02. The van der Waals surface area contributed by atoms with Crippen LogP contribution in [-0.4, -0.2) is 35.0 Å². The quantitative estimate of drug-likeness (QED) is 0.392. The molecule has 29 heavy (non-hydrogen) atoms. The van der Waals surface area contributed by atoms with Crippen LogP contribution in [0.1, 0.15) is 31.9 Å². The van der Waals surface area contributed by atoms with E-state index in [0.29, 0.717) is 12.8 Å². The lowest BCUT2D eigenvalue weighted by Crippen LogP contribution is -2.50. The number of azide groups is 1. The number of ether oxygens (including phenoxy) is 1. The molecular weight excluding hydrogens is 368 g/mol. The molecule has 0 saturated heterocycles. The van der Waals surface area contributed by atoms with Gasteiger partial charge in [-0.15, -0.1) is 0 Å². The summed E-state index contributed by atoms with van der Waals surface area (Å²) < 4.78 is 5.35. The van der Waals surface area contributed by atoms with Gasteiger partial charge in [-0.1, -0.05) is 65.8 Å². The summed E-state index contributed by atoms with van der Waals surface area (Å²) in [6.07, 6.45) is -1.00. The fourth-order valence-corrected chi connectivity index (χ4v) is 3.00. The van der Waals surface area contributed by atoms with E-state index in [1.807, 2.05) is 60.7 Å². The fraction of sp³-hybridized carbons (Fsp3) is 0.409. The molecule has 0 radical (unpaired) electrons. The van der Waals surface area contributed by atoms with Gasteiger partial charge in [0.05, 0.1) is 18.2 Å². The zero-order valence-corrected chi connectivity index (χ0v) is 17.0. The molecule has 0 aliphatic rings. The average Bonchev–Trinajstić information content (AvgIpc) is 2.67. The molecule has 0 saturated carbocycles. The smallest absolute Gasteiger partial charge is 0.407 e. The summed E-state index contributed by atoms with van der Waals surface area (Å²) in [6.45, 7) is 5.31. The Morgan fingerprint density at radius 3 is 2.07 bits per heavy atom. The van der Waals surface area contributed by atoms with Crippen molar-refractivity contribution in [1.82, 2.24) is 5.32 Å². The number of carbonyl (C=O) groups is 1. The summed E-state index contributed by atoms with van der Waals surface area (Å²) in [5.74, 6) is 0. The van der Waals surface area contributed by atoms with Gasteiger partial charge < -0.3 is 15.2 Å². The second-order valence-corrected chi connectivity index (χ2v) is 7.90. The van der Waals surface area contributed by atoms with Crippen LogP contribution in [0.5, 0.6) is 0 Å². The Bertz CT molecular complexity index is 815. The summed E-state index contributed by atoms with van der Waals surface area (Å²) in [6, 6.07) is 17.5. The first-order chi connectivity index (χ1) is 13.8. The van der Waals surface area contributed by atoms with Crippen LogP contribution in [0.3, 0.4) is 0 Å². The van der Waals surface area contributed by atoms with Crippen LogP contribution in [0, 0.1) is 0 Å². The van der Waals surface area contributed by atoms with E-state index in [9.17, 15) is 9.90 Å². The van der Waals surface area contributed by atoms with Crippen molar-refractivity contribution in [2.45, 2.75) is 57.4 Å². The predicted octanol–water partition coefficient (Wildman–Crippen LogP) is 4.40. The second-order valence-electron chi connectivity index (χ2n) is 7.90. The molecule has 2 aromatic rings. The minimum atomic E-state index is -1.10. The third kappa shape index (κ3) is 7.86. The number of aliphatic hydroxyl groups excluding tert-OH is 1. The van der Waals surface area contributed by atoms with Crippen LogP contribution >= 0.6 is 0 Å². The van der Waals surface area contributed by atoms with Crippen molar-refractivity contribution in [3.05, 3.63) is 82.2 Å². The standard InChI is InChI=1S/C22H28N4O3/c1-22(2,3)29-21(28)24-18(14-16-10-6-4-7-11-16)20(27)19(25-26-23)15-17-12-8-5-9-13-17/h4-13,18-20,27H,14-15H2,1-3H3,(H,24,28)/t18-,19+,20-/m0/s1. The van der Waals surface area contributed by atoms with Gasteiger partial charge in [0.1, 0.15) is 5.60 Å². The van der Waals surface area contributed by atoms with E-state index < -0.39 is 29.9 Å². The number of amides is 1. The molecule has 2 rings (SSSR count). The van der Waals surface area contributed by atoms with Gasteiger partial charge in [-0.3, -0.25) is 0 Å². The van der Waals surface area contributed by atoms with Crippen LogP contribution in [0.4, 0.5) is 4.79 Å². The lowest BCUT2D eigenvalue weighted by atomic mass is 9.93. The van der Waals surface area contributed by atoms with E-state index in [2.05, 4.69) is 15.3 Å². The van der Waals surface area contributed by atoms with Crippen molar-refractivity contribution in [1.29, 1.82) is 0 Å². The number of aliphatic hydroxyl groups is 1. The summed E-state index contributed by atoms with van der Waals surface area (Å²) >= 11 is 0. The van der Waals surface area contributed by atoms with E-state index in [1.54, 1.807) is 20.8 Å². The highest BCUT2D eigenvalue weighted by Gasteiger charge is 2.30. The van der Waals surface area contributed by atoms with Crippen molar-refractivity contribution in [2.75, 3.05) is 0 Å². The van der Waals surface area contributed by atoms with E-state index in [0.717, 1.165) is 11.1 Å². The van der Waals surface area contributed by atoms with Gasteiger partial charge in [0.25, 0.3) is 0 Å². The molecule has 0 aliphatic carbocycles. The molecule has 7 heteroatoms. The van der Waals surface area contributed by atoms with E-state index in [-0.39, 0.29) is 0 Å². The molecule has 0 spiro atoms. The molecule has 0 unspecified atom stereocenters. The molecule has 154 valence electrons.